The van der Waals surface area contributed by atoms with E-state index in [0.717, 1.165) is 12.3 Å². The fourth-order valence-corrected chi connectivity index (χ4v) is 1.79. The number of halogens is 1. The van der Waals surface area contributed by atoms with Crippen molar-refractivity contribution in [2.24, 2.45) is 0 Å². The largest absolute Gasteiger partial charge is 0.478 e. The molecule has 0 amide bonds. The molecule has 0 bridgehead atoms. The van der Waals surface area contributed by atoms with E-state index in [1.54, 1.807) is 0 Å². The third-order valence-corrected chi connectivity index (χ3v) is 3.17. The summed E-state index contributed by atoms with van der Waals surface area (Å²) in [5.74, 6) is -3.52. The highest BCUT2D eigenvalue weighted by Crippen LogP contribution is 2.15. The van der Waals surface area contributed by atoms with Gasteiger partial charge in [0.25, 0.3) is 0 Å². The Morgan fingerprint density at radius 2 is 1.48 bits per heavy atom. The van der Waals surface area contributed by atoms with Gasteiger partial charge in [-0.25, -0.2) is 29.1 Å². The molecule has 0 aliphatic heterocycles. The Morgan fingerprint density at radius 1 is 0.889 bits per heavy atom. The number of carbonyl (C=O) groups is 4. The van der Waals surface area contributed by atoms with Gasteiger partial charge in [0.1, 0.15) is 16.5 Å². The van der Waals surface area contributed by atoms with Gasteiger partial charge in [-0.2, -0.15) is 0 Å². The number of methoxy groups -OCH3 is 2. The summed E-state index contributed by atoms with van der Waals surface area (Å²) in [6.45, 7) is 0. The Kier molecular flexibility index (Phi) is 7.83. The molecular formula is C16H13ClN2O8. The van der Waals surface area contributed by atoms with E-state index >= 15 is 0 Å². The molecule has 2 N–H and O–H groups in total. The van der Waals surface area contributed by atoms with E-state index in [9.17, 15) is 19.2 Å². The number of carbonyl (C=O) groups excluding carboxylic acids is 2. The van der Waals surface area contributed by atoms with Crippen molar-refractivity contribution in [1.29, 1.82) is 0 Å². The molecule has 0 saturated carbocycles. The van der Waals surface area contributed by atoms with E-state index in [0.29, 0.717) is 0 Å². The first-order valence-corrected chi connectivity index (χ1v) is 7.34. The molecule has 2 aromatic heterocycles. The number of pyridine rings is 2. The smallest absolute Gasteiger partial charge is 0.356 e. The van der Waals surface area contributed by atoms with E-state index < -0.39 is 23.9 Å². The molecule has 0 aromatic carbocycles. The quantitative estimate of drug-likeness (QED) is 0.577. The minimum atomic E-state index is -1.17. The van der Waals surface area contributed by atoms with E-state index in [2.05, 4.69) is 19.4 Å². The van der Waals surface area contributed by atoms with Crippen LogP contribution in [0, 0.1) is 0 Å². The number of hydrogen-bond acceptors (Lipinski definition) is 8. The lowest BCUT2D eigenvalue weighted by Gasteiger charge is -2.03. The molecule has 2 heterocycles. The molecule has 0 spiro atoms. The fraction of sp³-hybridized carbons (Fsp3) is 0.125. The number of carboxylic acids is 2. The fourth-order valence-electron chi connectivity index (χ4n) is 1.56. The molecule has 0 unspecified atom stereocenters. The number of hydrogen-bond donors (Lipinski definition) is 2. The number of rotatable bonds is 4. The molecular weight excluding hydrogens is 384 g/mol. The van der Waals surface area contributed by atoms with Gasteiger partial charge >= 0.3 is 23.9 Å². The van der Waals surface area contributed by atoms with Crippen LogP contribution >= 0.6 is 11.6 Å². The minimum absolute atomic E-state index is 0.0278. The summed E-state index contributed by atoms with van der Waals surface area (Å²) in [6, 6.07) is 5.03. The van der Waals surface area contributed by atoms with Crippen LogP contribution in [-0.4, -0.2) is 58.3 Å². The zero-order valence-corrected chi connectivity index (χ0v) is 14.8. The SMILES string of the molecule is COC(=O)c1ccc(C(=O)OC)c(Cl)n1.O=C(O)c1ccc(C(=O)O)nc1. The number of carboxylic acid groups (broad SMARTS) is 2. The first kappa shape index (κ1) is 21.5. The molecule has 0 aliphatic carbocycles. The van der Waals surface area contributed by atoms with Crippen LogP contribution in [0.1, 0.15) is 41.7 Å². The van der Waals surface area contributed by atoms with Crippen LogP contribution in [0.2, 0.25) is 5.15 Å². The number of nitrogens with zero attached hydrogens (tertiary/aromatic N) is 2. The van der Waals surface area contributed by atoms with Gasteiger partial charge in [0, 0.05) is 6.20 Å². The molecule has 27 heavy (non-hydrogen) atoms. The van der Waals surface area contributed by atoms with Crippen molar-refractivity contribution in [3.05, 3.63) is 58.1 Å². The van der Waals surface area contributed by atoms with Gasteiger partial charge in [-0.15, -0.1) is 0 Å². The van der Waals surface area contributed by atoms with Crippen molar-refractivity contribution in [3.63, 3.8) is 0 Å². The average molecular weight is 397 g/mol. The van der Waals surface area contributed by atoms with Crippen LogP contribution in [0.15, 0.2) is 30.5 Å². The van der Waals surface area contributed by atoms with Gasteiger partial charge in [0.05, 0.1) is 25.3 Å². The topological polar surface area (TPSA) is 153 Å². The Bertz CT molecular complexity index is 834. The van der Waals surface area contributed by atoms with Gasteiger partial charge < -0.3 is 19.7 Å². The highest BCUT2D eigenvalue weighted by molar-refractivity contribution is 6.32. The van der Waals surface area contributed by atoms with E-state index in [-0.39, 0.29) is 27.7 Å². The van der Waals surface area contributed by atoms with Gasteiger partial charge in [-0.1, -0.05) is 11.6 Å². The molecule has 0 saturated heterocycles. The maximum absolute atomic E-state index is 11.1. The van der Waals surface area contributed by atoms with Crippen molar-refractivity contribution < 1.29 is 38.9 Å². The number of esters is 2. The standard InChI is InChI=1S/C9H8ClNO4.C7H5NO4/c1-14-8(12)5-3-4-6(9(13)15-2)11-7(5)10;9-6(10)4-1-2-5(7(11)12)8-3-4/h3-4H,1-2H3;1-3H,(H,9,10)(H,11,12). The van der Waals surface area contributed by atoms with Gasteiger partial charge in [-0.3, -0.25) is 0 Å². The highest BCUT2D eigenvalue weighted by atomic mass is 35.5. The van der Waals surface area contributed by atoms with Gasteiger partial charge in [-0.05, 0) is 24.3 Å². The third kappa shape index (κ3) is 6.04. The van der Waals surface area contributed by atoms with E-state index in [4.69, 9.17) is 21.8 Å². The molecule has 0 atom stereocenters. The monoisotopic (exact) mass is 396 g/mol. The summed E-state index contributed by atoms with van der Waals surface area (Å²) in [5.41, 5.74) is -0.0537. The summed E-state index contributed by atoms with van der Waals surface area (Å²) in [5, 5.41) is 16.7. The van der Waals surface area contributed by atoms with Crippen LogP contribution in [0.25, 0.3) is 0 Å². The maximum Gasteiger partial charge on any atom is 0.356 e. The highest BCUT2D eigenvalue weighted by Gasteiger charge is 2.15. The summed E-state index contributed by atoms with van der Waals surface area (Å²) in [7, 11) is 2.46. The predicted octanol–water partition coefficient (Wildman–Crippen LogP) is 1.79. The second kappa shape index (κ2) is 9.82. The normalized spacial score (nSPS) is 9.44. The van der Waals surface area contributed by atoms with Crippen LogP contribution in [-0.2, 0) is 9.47 Å². The zero-order chi connectivity index (χ0) is 20.6. The molecule has 2 rings (SSSR count). The summed E-state index contributed by atoms with van der Waals surface area (Å²) >= 11 is 5.68. The van der Waals surface area contributed by atoms with Crippen molar-refractivity contribution in [2.45, 2.75) is 0 Å². The lowest BCUT2D eigenvalue weighted by atomic mass is 10.2. The van der Waals surface area contributed by atoms with Crippen molar-refractivity contribution in [1.82, 2.24) is 9.97 Å². The summed E-state index contributed by atoms with van der Waals surface area (Å²) < 4.78 is 8.91. The second-order valence-electron chi connectivity index (χ2n) is 4.56. The Balaban J connectivity index is 0.000000277. The molecule has 10 nitrogen and oxygen atoms in total. The van der Waals surface area contributed by atoms with Crippen molar-refractivity contribution >= 4 is 35.5 Å². The lowest BCUT2D eigenvalue weighted by molar-refractivity contribution is 0.0581. The van der Waals surface area contributed by atoms with Crippen molar-refractivity contribution in [3.8, 4) is 0 Å². The number of ether oxygens (including phenoxy) is 2. The first-order chi connectivity index (χ1) is 12.7. The molecule has 2 aromatic rings. The summed E-state index contributed by atoms with van der Waals surface area (Å²) in [4.78, 5) is 49.9. The Hall–Kier alpha value is -3.53. The van der Waals surface area contributed by atoms with Crippen molar-refractivity contribution in [2.75, 3.05) is 14.2 Å². The summed E-state index contributed by atoms with van der Waals surface area (Å²) in [6.07, 6.45) is 1.01. The van der Waals surface area contributed by atoms with Gasteiger partial charge in [0.2, 0.25) is 0 Å². The molecule has 11 heteroatoms. The van der Waals surface area contributed by atoms with Crippen LogP contribution in [0.3, 0.4) is 0 Å². The van der Waals surface area contributed by atoms with E-state index in [1.807, 2.05) is 0 Å². The third-order valence-electron chi connectivity index (χ3n) is 2.88. The second-order valence-corrected chi connectivity index (χ2v) is 4.92. The van der Waals surface area contributed by atoms with Gasteiger partial charge in [0.15, 0.2) is 0 Å². The molecule has 0 aliphatic rings. The Morgan fingerprint density at radius 3 is 1.89 bits per heavy atom. The minimum Gasteiger partial charge on any atom is -0.478 e. The maximum atomic E-state index is 11.1. The van der Waals surface area contributed by atoms with Crippen LogP contribution in [0.4, 0.5) is 0 Å². The average Bonchev–Trinajstić information content (AvgIpc) is 2.67. The molecule has 142 valence electrons. The lowest BCUT2D eigenvalue weighted by Crippen LogP contribution is -2.08. The van der Waals surface area contributed by atoms with Crippen LogP contribution in [0.5, 0.6) is 0 Å². The zero-order valence-electron chi connectivity index (χ0n) is 14.0. The molecule has 0 fully saturated rings. The Labute approximate surface area is 157 Å². The number of aromatic nitrogens is 2. The van der Waals surface area contributed by atoms with Crippen LogP contribution < -0.4 is 0 Å². The van der Waals surface area contributed by atoms with E-state index in [1.165, 1.54) is 32.4 Å². The molecule has 0 radical (unpaired) electrons. The first-order valence-electron chi connectivity index (χ1n) is 6.97. The predicted molar refractivity (Wildman–Crippen MR) is 90.1 cm³/mol. The number of aromatic carboxylic acids is 2.